The Balaban J connectivity index is 2.72. The Labute approximate surface area is 203 Å². The number of aryl methyl sites for hydroxylation is 4. The van der Waals surface area contributed by atoms with Gasteiger partial charge < -0.3 is 4.98 Å². The zero-order valence-electron chi connectivity index (χ0n) is 23.4. The number of aromatic nitrogens is 1. The molecule has 0 aliphatic heterocycles. The van der Waals surface area contributed by atoms with Crippen LogP contribution in [0.15, 0.2) is 0 Å². The highest BCUT2D eigenvalue weighted by Gasteiger charge is 2.31. The summed E-state index contributed by atoms with van der Waals surface area (Å²) in [7, 11) is 0. The number of fused-ring (bicyclic) bond motifs is 3. The molecule has 0 saturated heterocycles. The Morgan fingerprint density at radius 2 is 0.879 bits per heavy atom. The zero-order valence-corrected chi connectivity index (χ0v) is 23.4. The number of hydrogen-bond acceptors (Lipinski definition) is 0. The van der Waals surface area contributed by atoms with Crippen molar-refractivity contribution in [2.45, 2.75) is 132 Å². The molecular formula is C32H49N. The molecule has 0 bridgehead atoms. The first kappa shape index (κ1) is 25.9. The fraction of sp³-hybridized carbons (Fsp3) is 0.625. The fourth-order valence-corrected chi connectivity index (χ4v) is 7.17. The van der Waals surface area contributed by atoms with Crippen molar-refractivity contribution in [1.29, 1.82) is 0 Å². The number of hydrogen-bond donors (Lipinski definition) is 1. The van der Waals surface area contributed by atoms with Gasteiger partial charge in [-0.05, 0) is 101 Å². The van der Waals surface area contributed by atoms with Crippen LogP contribution in [0.1, 0.15) is 127 Å². The summed E-state index contributed by atoms with van der Waals surface area (Å²) in [5.41, 5.74) is 16.0. The highest BCUT2D eigenvalue weighted by molar-refractivity contribution is 6.14. The van der Waals surface area contributed by atoms with E-state index in [1.165, 1.54) is 23.9 Å². The smallest absolute Gasteiger partial charge is 0.0503 e. The van der Waals surface area contributed by atoms with Crippen LogP contribution in [-0.4, -0.2) is 4.98 Å². The summed E-state index contributed by atoms with van der Waals surface area (Å²) < 4.78 is 0. The SMILES string of the molecule is CCCC(C)(C)c1c(CC)c(CC)c2c([nH]c3c(CC)c(CC)c(CC)c(CC)c32)c1CC. The van der Waals surface area contributed by atoms with E-state index < -0.39 is 0 Å². The third-order valence-corrected chi connectivity index (χ3v) is 8.29. The van der Waals surface area contributed by atoms with E-state index in [-0.39, 0.29) is 5.41 Å². The largest absolute Gasteiger partial charge is 0.354 e. The fourth-order valence-electron chi connectivity index (χ4n) is 7.17. The summed E-state index contributed by atoms with van der Waals surface area (Å²) in [5.74, 6) is 0. The van der Waals surface area contributed by atoms with Crippen LogP contribution in [0.4, 0.5) is 0 Å². The Bertz CT molecular complexity index is 1140. The van der Waals surface area contributed by atoms with Crippen LogP contribution in [0.2, 0.25) is 0 Å². The van der Waals surface area contributed by atoms with Gasteiger partial charge in [0, 0.05) is 10.8 Å². The minimum Gasteiger partial charge on any atom is -0.354 e. The molecule has 0 aliphatic carbocycles. The number of nitrogens with one attached hydrogen (secondary N) is 1. The van der Waals surface area contributed by atoms with Crippen molar-refractivity contribution in [3.63, 3.8) is 0 Å². The van der Waals surface area contributed by atoms with Gasteiger partial charge in [-0.15, -0.1) is 0 Å². The van der Waals surface area contributed by atoms with Gasteiger partial charge in [-0.1, -0.05) is 75.7 Å². The maximum atomic E-state index is 4.10. The molecule has 3 aromatic rings. The third kappa shape index (κ3) is 3.94. The van der Waals surface area contributed by atoms with Crippen molar-refractivity contribution >= 4 is 21.8 Å². The Hall–Kier alpha value is -1.76. The van der Waals surface area contributed by atoms with Crippen molar-refractivity contribution in [3.05, 3.63) is 44.5 Å². The number of H-pyrrole nitrogens is 1. The zero-order chi connectivity index (χ0) is 24.5. The van der Waals surface area contributed by atoms with Crippen LogP contribution in [-0.2, 0) is 50.4 Å². The van der Waals surface area contributed by atoms with E-state index in [0.29, 0.717) is 0 Å². The maximum absolute atomic E-state index is 4.10. The van der Waals surface area contributed by atoms with Crippen molar-refractivity contribution < 1.29 is 0 Å². The molecule has 0 fully saturated rings. The van der Waals surface area contributed by atoms with E-state index in [9.17, 15) is 0 Å². The lowest BCUT2D eigenvalue weighted by atomic mass is 9.72. The third-order valence-electron chi connectivity index (χ3n) is 8.29. The van der Waals surface area contributed by atoms with Gasteiger partial charge in [0.15, 0.2) is 0 Å². The predicted molar refractivity (Wildman–Crippen MR) is 149 cm³/mol. The lowest BCUT2D eigenvalue weighted by Gasteiger charge is -2.32. The number of rotatable bonds is 10. The van der Waals surface area contributed by atoms with Gasteiger partial charge in [-0.3, -0.25) is 0 Å². The summed E-state index contributed by atoms with van der Waals surface area (Å²) in [5, 5.41) is 3.11. The van der Waals surface area contributed by atoms with Gasteiger partial charge >= 0.3 is 0 Å². The molecule has 1 nitrogen and oxygen atoms in total. The van der Waals surface area contributed by atoms with E-state index >= 15 is 0 Å². The Morgan fingerprint density at radius 1 is 0.485 bits per heavy atom. The first-order chi connectivity index (χ1) is 15.8. The van der Waals surface area contributed by atoms with Gasteiger partial charge in [0.25, 0.3) is 0 Å². The summed E-state index contributed by atoms with van der Waals surface area (Å²) in [6.45, 7) is 23.8. The molecule has 3 rings (SSSR count). The van der Waals surface area contributed by atoms with Crippen LogP contribution >= 0.6 is 0 Å². The van der Waals surface area contributed by atoms with E-state index in [1.54, 1.807) is 55.3 Å². The average Bonchev–Trinajstić information content (AvgIpc) is 3.20. The first-order valence-corrected chi connectivity index (χ1v) is 14.0. The number of aromatic amines is 1. The minimum absolute atomic E-state index is 0.200. The van der Waals surface area contributed by atoms with Crippen LogP contribution in [0.3, 0.4) is 0 Å². The van der Waals surface area contributed by atoms with Gasteiger partial charge in [-0.25, -0.2) is 0 Å². The quantitative estimate of drug-likeness (QED) is 0.318. The molecule has 33 heavy (non-hydrogen) atoms. The molecule has 1 heteroatoms. The van der Waals surface area contributed by atoms with Gasteiger partial charge in [0.1, 0.15) is 0 Å². The van der Waals surface area contributed by atoms with Crippen molar-refractivity contribution in [2.75, 3.05) is 0 Å². The molecule has 1 aromatic heterocycles. The molecule has 2 aromatic carbocycles. The second-order valence-electron chi connectivity index (χ2n) is 10.5. The molecule has 0 unspecified atom stereocenters. The first-order valence-electron chi connectivity index (χ1n) is 14.0. The highest BCUT2D eigenvalue weighted by atomic mass is 14.7. The molecule has 0 spiro atoms. The second-order valence-corrected chi connectivity index (χ2v) is 10.5. The van der Waals surface area contributed by atoms with Crippen molar-refractivity contribution in [1.82, 2.24) is 4.98 Å². The second kappa shape index (κ2) is 10.2. The Morgan fingerprint density at radius 3 is 1.30 bits per heavy atom. The van der Waals surface area contributed by atoms with E-state index in [0.717, 1.165) is 44.9 Å². The van der Waals surface area contributed by atoms with Crippen LogP contribution in [0.25, 0.3) is 21.8 Å². The topological polar surface area (TPSA) is 15.8 Å². The van der Waals surface area contributed by atoms with Gasteiger partial charge in [0.05, 0.1) is 11.0 Å². The summed E-state index contributed by atoms with van der Waals surface area (Å²) in [6, 6.07) is 0. The van der Waals surface area contributed by atoms with E-state index in [4.69, 9.17) is 0 Å². The van der Waals surface area contributed by atoms with E-state index in [1.807, 2.05) is 0 Å². The lowest BCUT2D eigenvalue weighted by molar-refractivity contribution is 0.465. The average molecular weight is 448 g/mol. The maximum Gasteiger partial charge on any atom is 0.0503 e. The normalized spacial score (nSPS) is 12.4. The summed E-state index contributed by atoms with van der Waals surface area (Å²) in [4.78, 5) is 4.10. The molecule has 182 valence electrons. The standard InChI is InChI=1S/C32H49N/c1-11-19-32(9,10)29-24(16-6)23(15-5)28-27-22(14-4)20(12-2)21(13-3)25(17-7)30(27)33-31(28)26(29)18-8/h33H,11-19H2,1-10H3. The minimum atomic E-state index is 0.200. The monoisotopic (exact) mass is 447 g/mol. The molecule has 0 atom stereocenters. The van der Waals surface area contributed by atoms with Crippen molar-refractivity contribution in [3.8, 4) is 0 Å². The highest BCUT2D eigenvalue weighted by Crippen LogP contribution is 2.45. The van der Waals surface area contributed by atoms with Crippen LogP contribution in [0, 0.1) is 0 Å². The number of benzene rings is 2. The lowest BCUT2D eigenvalue weighted by Crippen LogP contribution is -2.23. The van der Waals surface area contributed by atoms with Crippen LogP contribution in [0.5, 0.6) is 0 Å². The molecule has 0 radical (unpaired) electrons. The van der Waals surface area contributed by atoms with E-state index in [2.05, 4.69) is 74.2 Å². The molecule has 0 amide bonds. The van der Waals surface area contributed by atoms with Gasteiger partial charge in [-0.2, -0.15) is 0 Å². The molecule has 0 aliphatic rings. The van der Waals surface area contributed by atoms with Gasteiger partial charge in [0.2, 0.25) is 0 Å². The molecule has 1 N–H and O–H groups in total. The molecule has 0 saturated carbocycles. The summed E-state index contributed by atoms with van der Waals surface area (Å²) >= 11 is 0. The van der Waals surface area contributed by atoms with Crippen LogP contribution < -0.4 is 0 Å². The molecular weight excluding hydrogens is 398 g/mol. The molecule has 1 heterocycles. The predicted octanol–water partition coefficient (Wildman–Crippen LogP) is 9.34. The summed E-state index contributed by atoms with van der Waals surface area (Å²) in [6.07, 6.45) is 10.2. The van der Waals surface area contributed by atoms with Crippen molar-refractivity contribution in [2.24, 2.45) is 0 Å². The Kier molecular flexibility index (Phi) is 8.03.